The minimum Gasteiger partial charge on any atom is -0.436 e. The molecule has 0 unspecified atom stereocenters. The molecule has 0 aliphatic carbocycles. The van der Waals surface area contributed by atoms with Crippen LogP contribution in [-0.2, 0) is 4.74 Å². The first-order chi connectivity index (χ1) is 4.68. The Morgan fingerprint density at radius 3 is 2.60 bits per heavy atom. The van der Waals surface area contributed by atoms with Crippen LogP contribution < -0.4 is 0 Å². The van der Waals surface area contributed by atoms with Crippen LogP contribution in [0.15, 0.2) is 0 Å². The number of hydrogen-bond acceptors (Lipinski definition) is 2. The number of hydrogen-bond donors (Lipinski definition) is 0. The Hall–Kier alpha value is -1.17. The van der Waals surface area contributed by atoms with Crippen LogP contribution in [-0.4, -0.2) is 31.7 Å². The second-order valence-electron chi connectivity index (χ2n) is 1.88. The van der Waals surface area contributed by atoms with Gasteiger partial charge in [-0.3, -0.25) is 0 Å². The van der Waals surface area contributed by atoms with Gasteiger partial charge in [0.2, 0.25) is 0 Å². The number of rotatable bonds is 1. The van der Waals surface area contributed by atoms with Gasteiger partial charge in [-0.1, -0.05) is 5.92 Å². The van der Waals surface area contributed by atoms with E-state index in [-0.39, 0.29) is 12.7 Å². The molecule has 0 aliphatic heterocycles. The number of nitrogens with zero attached hydrogens (tertiary/aromatic N) is 1. The largest absolute Gasteiger partial charge is 0.436 e. The molecule has 0 radical (unpaired) electrons. The molecular weight excluding hydrogens is 130 g/mol. The predicted molar refractivity (Wildman–Crippen MR) is 38.5 cm³/mol. The van der Waals surface area contributed by atoms with Crippen molar-refractivity contribution >= 4 is 6.09 Å². The average molecular weight is 141 g/mol. The maximum Gasteiger partial charge on any atom is 0.410 e. The van der Waals surface area contributed by atoms with Crippen LogP contribution in [0.25, 0.3) is 0 Å². The molecule has 0 atom stereocenters. The van der Waals surface area contributed by atoms with Crippen LogP contribution in [0.2, 0.25) is 0 Å². The molecule has 0 N–H and O–H groups in total. The van der Waals surface area contributed by atoms with Gasteiger partial charge in [0, 0.05) is 14.1 Å². The van der Waals surface area contributed by atoms with Crippen molar-refractivity contribution in [3.63, 3.8) is 0 Å². The molecular formula is C7H11NO2. The predicted octanol–water partition coefficient (Wildman–Crippen LogP) is 0.708. The molecule has 3 nitrogen and oxygen atoms in total. The van der Waals surface area contributed by atoms with Crippen LogP contribution in [0.4, 0.5) is 4.79 Å². The zero-order chi connectivity index (χ0) is 7.98. The van der Waals surface area contributed by atoms with Crippen LogP contribution in [0, 0.1) is 11.8 Å². The summed E-state index contributed by atoms with van der Waals surface area (Å²) < 4.78 is 4.66. The van der Waals surface area contributed by atoms with E-state index in [0.29, 0.717) is 0 Å². The summed E-state index contributed by atoms with van der Waals surface area (Å²) in [6.07, 6.45) is -0.359. The minimum absolute atomic E-state index is 0.174. The molecule has 0 bridgehead atoms. The molecule has 0 saturated heterocycles. The smallest absolute Gasteiger partial charge is 0.410 e. The summed E-state index contributed by atoms with van der Waals surface area (Å²) in [4.78, 5) is 12.0. The van der Waals surface area contributed by atoms with Gasteiger partial charge in [0.25, 0.3) is 0 Å². The Bertz CT molecular complexity index is 164. The summed E-state index contributed by atoms with van der Waals surface area (Å²) in [6.45, 7) is 1.87. The molecule has 0 fully saturated rings. The standard InChI is InChI=1S/C7H11NO2/c1-4-5-6-10-7(9)8(2)3/h6H2,1-3H3. The second kappa shape index (κ2) is 4.68. The van der Waals surface area contributed by atoms with E-state index in [0.717, 1.165) is 0 Å². The molecule has 1 amide bonds. The number of carbonyl (C=O) groups is 1. The Morgan fingerprint density at radius 1 is 1.60 bits per heavy atom. The van der Waals surface area contributed by atoms with E-state index < -0.39 is 0 Å². The second-order valence-corrected chi connectivity index (χ2v) is 1.88. The van der Waals surface area contributed by atoms with Crippen molar-refractivity contribution in [2.45, 2.75) is 6.92 Å². The Labute approximate surface area is 61.0 Å². The first-order valence-corrected chi connectivity index (χ1v) is 2.92. The quantitative estimate of drug-likeness (QED) is 0.503. The SMILES string of the molecule is CC#CCOC(=O)N(C)C. The minimum atomic E-state index is -0.359. The maximum atomic E-state index is 10.7. The van der Waals surface area contributed by atoms with Gasteiger partial charge in [0.15, 0.2) is 6.61 Å². The molecule has 3 heteroatoms. The molecule has 0 heterocycles. The van der Waals surface area contributed by atoms with E-state index >= 15 is 0 Å². The first kappa shape index (κ1) is 8.83. The van der Waals surface area contributed by atoms with Crippen LogP contribution in [0.5, 0.6) is 0 Å². The molecule has 0 aromatic rings. The lowest BCUT2D eigenvalue weighted by Gasteiger charge is -2.07. The van der Waals surface area contributed by atoms with Crippen LogP contribution in [0.3, 0.4) is 0 Å². The van der Waals surface area contributed by atoms with Gasteiger partial charge in [0.05, 0.1) is 0 Å². The third-order valence-electron chi connectivity index (χ3n) is 0.810. The van der Waals surface area contributed by atoms with E-state index in [1.165, 1.54) is 4.90 Å². The summed E-state index contributed by atoms with van der Waals surface area (Å²) >= 11 is 0. The normalized spacial score (nSPS) is 7.50. The average Bonchev–Trinajstić information content (AvgIpc) is 1.88. The lowest BCUT2D eigenvalue weighted by Crippen LogP contribution is -2.22. The van der Waals surface area contributed by atoms with Gasteiger partial charge in [-0.25, -0.2) is 4.79 Å². The maximum absolute atomic E-state index is 10.7. The highest BCUT2D eigenvalue weighted by atomic mass is 16.5. The molecule has 0 saturated carbocycles. The van der Waals surface area contributed by atoms with E-state index in [1.54, 1.807) is 21.0 Å². The van der Waals surface area contributed by atoms with Crippen molar-refractivity contribution in [2.75, 3.05) is 20.7 Å². The lowest BCUT2D eigenvalue weighted by atomic mass is 10.6. The van der Waals surface area contributed by atoms with E-state index in [2.05, 4.69) is 16.6 Å². The zero-order valence-corrected chi connectivity index (χ0v) is 6.47. The molecule has 0 aromatic carbocycles. The number of ether oxygens (including phenoxy) is 1. The van der Waals surface area contributed by atoms with Crippen molar-refractivity contribution in [3.05, 3.63) is 0 Å². The molecule has 0 spiro atoms. The van der Waals surface area contributed by atoms with E-state index in [4.69, 9.17) is 0 Å². The number of amides is 1. The fraction of sp³-hybridized carbons (Fsp3) is 0.571. The van der Waals surface area contributed by atoms with Gasteiger partial charge in [-0.15, -0.1) is 5.92 Å². The fourth-order valence-electron chi connectivity index (χ4n) is 0.299. The first-order valence-electron chi connectivity index (χ1n) is 2.92. The van der Waals surface area contributed by atoms with Crippen molar-refractivity contribution in [3.8, 4) is 11.8 Å². The van der Waals surface area contributed by atoms with E-state index in [9.17, 15) is 4.79 Å². The highest BCUT2D eigenvalue weighted by Gasteiger charge is 2.00. The third-order valence-corrected chi connectivity index (χ3v) is 0.810. The van der Waals surface area contributed by atoms with Gasteiger partial charge in [-0.05, 0) is 6.92 Å². The monoisotopic (exact) mass is 141 g/mol. The van der Waals surface area contributed by atoms with Gasteiger partial charge in [0.1, 0.15) is 0 Å². The van der Waals surface area contributed by atoms with Gasteiger partial charge >= 0.3 is 6.09 Å². The molecule has 10 heavy (non-hydrogen) atoms. The Balaban J connectivity index is 3.47. The molecule has 0 aliphatic rings. The zero-order valence-electron chi connectivity index (χ0n) is 6.47. The van der Waals surface area contributed by atoms with Crippen molar-refractivity contribution in [1.29, 1.82) is 0 Å². The van der Waals surface area contributed by atoms with Gasteiger partial charge < -0.3 is 9.64 Å². The molecule has 56 valence electrons. The highest BCUT2D eigenvalue weighted by molar-refractivity contribution is 5.66. The highest BCUT2D eigenvalue weighted by Crippen LogP contribution is 1.83. The Kier molecular flexibility index (Phi) is 4.14. The van der Waals surface area contributed by atoms with E-state index in [1.807, 2.05) is 0 Å². The Morgan fingerprint density at radius 2 is 2.20 bits per heavy atom. The molecule has 0 rings (SSSR count). The fourth-order valence-corrected chi connectivity index (χ4v) is 0.299. The lowest BCUT2D eigenvalue weighted by molar-refractivity contribution is 0.131. The van der Waals surface area contributed by atoms with Crippen molar-refractivity contribution in [2.24, 2.45) is 0 Å². The summed E-state index contributed by atoms with van der Waals surface area (Å²) in [5.41, 5.74) is 0. The van der Waals surface area contributed by atoms with Gasteiger partial charge in [-0.2, -0.15) is 0 Å². The van der Waals surface area contributed by atoms with Crippen molar-refractivity contribution in [1.82, 2.24) is 4.90 Å². The van der Waals surface area contributed by atoms with Crippen LogP contribution in [0.1, 0.15) is 6.92 Å². The summed E-state index contributed by atoms with van der Waals surface area (Å²) in [7, 11) is 3.25. The summed E-state index contributed by atoms with van der Waals surface area (Å²) in [6, 6.07) is 0. The summed E-state index contributed by atoms with van der Waals surface area (Å²) in [5.74, 6) is 5.23. The topological polar surface area (TPSA) is 29.5 Å². The number of carbonyl (C=O) groups excluding carboxylic acids is 1. The summed E-state index contributed by atoms with van der Waals surface area (Å²) in [5, 5.41) is 0. The van der Waals surface area contributed by atoms with Crippen molar-refractivity contribution < 1.29 is 9.53 Å². The van der Waals surface area contributed by atoms with Crippen LogP contribution >= 0.6 is 0 Å². The third kappa shape index (κ3) is 3.79. The molecule has 0 aromatic heterocycles.